The smallest absolute Gasteiger partial charge is 0.339 e. The van der Waals surface area contributed by atoms with Crippen LogP contribution in [0.4, 0.5) is 5.82 Å². The zero-order chi connectivity index (χ0) is 22.5. The standard InChI is InChI=1S/C24H23Cl2N3O3/c25-21-8-5-18(14-22(21)26)16-32-19-6-3-17(4-7-19)15-28-10-12-29(13-11-28)23-20(24(30)31)2-1-9-27-23/h1-9,14H,10-13,15-16H2,(H,30,31). The van der Waals surface area contributed by atoms with Crippen LogP contribution in [-0.4, -0.2) is 47.1 Å². The lowest BCUT2D eigenvalue weighted by Crippen LogP contribution is -2.46. The van der Waals surface area contributed by atoms with Gasteiger partial charge in [-0.3, -0.25) is 4.90 Å². The second-order valence-corrected chi connectivity index (χ2v) is 8.44. The third-order valence-corrected chi connectivity index (χ3v) is 6.15. The van der Waals surface area contributed by atoms with Crippen molar-refractivity contribution in [2.45, 2.75) is 13.2 Å². The fourth-order valence-corrected chi connectivity index (χ4v) is 4.00. The second-order valence-electron chi connectivity index (χ2n) is 7.62. The van der Waals surface area contributed by atoms with Crippen LogP contribution in [-0.2, 0) is 13.2 Å². The van der Waals surface area contributed by atoms with Gasteiger partial charge < -0.3 is 14.7 Å². The van der Waals surface area contributed by atoms with Gasteiger partial charge in [-0.1, -0.05) is 41.4 Å². The number of hydrogen-bond acceptors (Lipinski definition) is 5. The summed E-state index contributed by atoms with van der Waals surface area (Å²) in [6.45, 7) is 4.40. The van der Waals surface area contributed by atoms with Gasteiger partial charge in [-0.2, -0.15) is 0 Å². The molecule has 3 aromatic rings. The van der Waals surface area contributed by atoms with Crippen molar-refractivity contribution in [1.82, 2.24) is 9.88 Å². The van der Waals surface area contributed by atoms with Gasteiger partial charge in [0.15, 0.2) is 0 Å². The van der Waals surface area contributed by atoms with Crippen LogP contribution >= 0.6 is 23.2 Å². The van der Waals surface area contributed by atoms with E-state index in [4.69, 9.17) is 27.9 Å². The maximum atomic E-state index is 11.5. The van der Waals surface area contributed by atoms with Crippen LogP contribution in [0.1, 0.15) is 21.5 Å². The van der Waals surface area contributed by atoms with Crippen molar-refractivity contribution in [1.29, 1.82) is 0 Å². The molecule has 4 rings (SSSR count). The molecule has 6 nitrogen and oxygen atoms in total. The Labute approximate surface area is 197 Å². The molecule has 1 aliphatic heterocycles. The molecule has 166 valence electrons. The number of anilines is 1. The Hall–Kier alpha value is -2.80. The summed E-state index contributed by atoms with van der Waals surface area (Å²) in [5.41, 5.74) is 2.40. The topological polar surface area (TPSA) is 65.9 Å². The number of ether oxygens (including phenoxy) is 1. The van der Waals surface area contributed by atoms with E-state index in [1.54, 1.807) is 24.4 Å². The van der Waals surface area contributed by atoms with Gasteiger partial charge in [-0.05, 0) is 47.5 Å². The highest BCUT2D eigenvalue weighted by atomic mass is 35.5. The minimum Gasteiger partial charge on any atom is -0.489 e. The van der Waals surface area contributed by atoms with Gasteiger partial charge in [-0.15, -0.1) is 0 Å². The van der Waals surface area contributed by atoms with Crippen LogP contribution in [0, 0.1) is 0 Å². The van der Waals surface area contributed by atoms with Crippen molar-refractivity contribution in [3.8, 4) is 5.75 Å². The first-order valence-electron chi connectivity index (χ1n) is 10.3. The zero-order valence-corrected chi connectivity index (χ0v) is 18.9. The van der Waals surface area contributed by atoms with Gasteiger partial charge >= 0.3 is 5.97 Å². The molecule has 0 saturated carbocycles. The number of pyridine rings is 1. The lowest BCUT2D eigenvalue weighted by Gasteiger charge is -2.35. The first-order chi connectivity index (χ1) is 15.5. The van der Waals surface area contributed by atoms with Crippen molar-refractivity contribution in [2.75, 3.05) is 31.1 Å². The molecule has 1 fully saturated rings. The molecule has 0 bridgehead atoms. The van der Waals surface area contributed by atoms with Gasteiger partial charge in [0.25, 0.3) is 0 Å². The number of hydrogen-bond donors (Lipinski definition) is 1. The summed E-state index contributed by atoms with van der Waals surface area (Å²) in [6, 6.07) is 16.8. The number of carboxylic acids is 1. The quantitative estimate of drug-likeness (QED) is 0.523. The molecule has 0 amide bonds. The van der Waals surface area contributed by atoms with E-state index in [0.717, 1.165) is 44.0 Å². The van der Waals surface area contributed by atoms with Gasteiger partial charge in [-0.25, -0.2) is 9.78 Å². The maximum absolute atomic E-state index is 11.5. The zero-order valence-electron chi connectivity index (χ0n) is 17.4. The predicted molar refractivity (Wildman–Crippen MR) is 126 cm³/mol. The number of carboxylic acid groups (broad SMARTS) is 1. The van der Waals surface area contributed by atoms with Crippen molar-refractivity contribution >= 4 is 35.0 Å². The fourth-order valence-electron chi connectivity index (χ4n) is 3.68. The van der Waals surface area contributed by atoms with Gasteiger partial charge in [0.05, 0.1) is 10.0 Å². The third kappa shape index (κ3) is 5.51. The summed E-state index contributed by atoms with van der Waals surface area (Å²) >= 11 is 12.0. The number of aromatic carboxylic acids is 1. The van der Waals surface area contributed by atoms with Gasteiger partial charge in [0, 0.05) is 38.9 Å². The van der Waals surface area contributed by atoms with Crippen molar-refractivity contribution in [3.05, 3.63) is 87.5 Å². The van der Waals surface area contributed by atoms with Crippen LogP contribution in [0.25, 0.3) is 0 Å². The van der Waals surface area contributed by atoms with E-state index in [2.05, 4.69) is 22.0 Å². The van der Waals surface area contributed by atoms with Gasteiger partial charge in [0.2, 0.25) is 0 Å². The van der Waals surface area contributed by atoms with Crippen LogP contribution in [0.3, 0.4) is 0 Å². The normalized spacial score (nSPS) is 14.4. The molecule has 2 aromatic carbocycles. The second kappa shape index (κ2) is 10.2. The Morgan fingerprint density at radius 2 is 1.69 bits per heavy atom. The Bertz CT molecular complexity index is 1080. The Morgan fingerprint density at radius 1 is 0.969 bits per heavy atom. The summed E-state index contributed by atoms with van der Waals surface area (Å²) in [4.78, 5) is 20.1. The van der Waals surface area contributed by atoms with Crippen molar-refractivity contribution in [2.24, 2.45) is 0 Å². The van der Waals surface area contributed by atoms with Gasteiger partial charge in [0.1, 0.15) is 23.7 Å². The summed E-state index contributed by atoms with van der Waals surface area (Å²) in [7, 11) is 0. The molecular formula is C24H23Cl2N3O3. The molecule has 0 spiro atoms. The summed E-state index contributed by atoms with van der Waals surface area (Å²) in [5.74, 6) is 0.390. The van der Waals surface area contributed by atoms with E-state index in [9.17, 15) is 9.90 Å². The molecule has 0 unspecified atom stereocenters. The average molecular weight is 472 g/mol. The fraction of sp³-hybridized carbons (Fsp3) is 0.250. The van der Waals surface area contributed by atoms with Crippen LogP contribution < -0.4 is 9.64 Å². The third-order valence-electron chi connectivity index (χ3n) is 5.41. The van der Waals surface area contributed by atoms with E-state index in [-0.39, 0.29) is 5.56 Å². The number of halogens is 2. The Balaban J connectivity index is 1.28. The average Bonchev–Trinajstić information content (AvgIpc) is 2.81. The molecule has 1 aliphatic rings. The predicted octanol–water partition coefficient (Wildman–Crippen LogP) is 4.99. The lowest BCUT2D eigenvalue weighted by molar-refractivity contribution is 0.0697. The Kier molecular flexibility index (Phi) is 7.15. The summed E-state index contributed by atoms with van der Waals surface area (Å²) in [5, 5.41) is 10.4. The minimum atomic E-state index is -0.947. The molecule has 8 heteroatoms. The largest absolute Gasteiger partial charge is 0.489 e. The SMILES string of the molecule is O=C(O)c1cccnc1N1CCN(Cc2ccc(OCc3ccc(Cl)c(Cl)c3)cc2)CC1. The van der Waals surface area contributed by atoms with Crippen LogP contribution in [0.2, 0.25) is 10.0 Å². The monoisotopic (exact) mass is 471 g/mol. The first kappa shape index (κ1) is 22.4. The molecule has 0 aliphatic carbocycles. The number of carbonyl (C=O) groups is 1. The van der Waals surface area contributed by atoms with E-state index in [1.807, 2.05) is 29.2 Å². The number of benzene rings is 2. The molecular weight excluding hydrogens is 449 g/mol. The molecule has 0 radical (unpaired) electrons. The van der Waals surface area contributed by atoms with E-state index in [1.165, 1.54) is 5.56 Å². The molecule has 0 atom stereocenters. The van der Waals surface area contributed by atoms with E-state index in [0.29, 0.717) is 22.5 Å². The highest BCUT2D eigenvalue weighted by molar-refractivity contribution is 6.42. The van der Waals surface area contributed by atoms with E-state index < -0.39 is 5.97 Å². The molecule has 32 heavy (non-hydrogen) atoms. The van der Waals surface area contributed by atoms with Crippen molar-refractivity contribution < 1.29 is 14.6 Å². The van der Waals surface area contributed by atoms with Crippen LogP contribution in [0.15, 0.2) is 60.8 Å². The molecule has 1 saturated heterocycles. The number of rotatable bonds is 7. The molecule has 2 heterocycles. The highest BCUT2D eigenvalue weighted by Crippen LogP contribution is 2.24. The first-order valence-corrected chi connectivity index (χ1v) is 11.1. The summed E-state index contributed by atoms with van der Waals surface area (Å²) < 4.78 is 5.85. The lowest BCUT2D eigenvalue weighted by atomic mass is 10.1. The van der Waals surface area contributed by atoms with Crippen molar-refractivity contribution in [3.63, 3.8) is 0 Å². The van der Waals surface area contributed by atoms with E-state index >= 15 is 0 Å². The number of aromatic nitrogens is 1. The maximum Gasteiger partial charge on any atom is 0.339 e. The summed E-state index contributed by atoms with van der Waals surface area (Å²) in [6.07, 6.45) is 1.64. The number of nitrogens with zero attached hydrogens (tertiary/aromatic N) is 3. The highest BCUT2D eigenvalue weighted by Gasteiger charge is 2.22. The number of piperazine rings is 1. The molecule has 1 N–H and O–H groups in total. The molecule has 1 aromatic heterocycles. The minimum absolute atomic E-state index is 0.248. The van der Waals surface area contributed by atoms with Crippen LogP contribution in [0.5, 0.6) is 5.75 Å². The Morgan fingerprint density at radius 3 is 2.38 bits per heavy atom.